The van der Waals surface area contributed by atoms with Crippen molar-refractivity contribution in [3.63, 3.8) is 0 Å². The fraction of sp³-hybridized carbons (Fsp3) is 0.538. The summed E-state index contributed by atoms with van der Waals surface area (Å²) in [7, 11) is 1.69. The fourth-order valence-corrected chi connectivity index (χ4v) is 2.22. The molecule has 1 heterocycles. The minimum Gasteiger partial charge on any atom is -0.497 e. The highest BCUT2D eigenvalue weighted by Crippen LogP contribution is 2.19. The quantitative estimate of drug-likeness (QED) is 0.892. The summed E-state index contributed by atoms with van der Waals surface area (Å²) in [5, 5.41) is 0. The summed E-state index contributed by atoms with van der Waals surface area (Å²) in [5.41, 5.74) is 7.36. The van der Waals surface area contributed by atoms with Crippen LogP contribution in [0.2, 0.25) is 0 Å². The van der Waals surface area contributed by atoms with E-state index in [9.17, 15) is 0 Å². The van der Waals surface area contributed by atoms with E-state index in [1.54, 1.807) is 7.11 Å². The molecule has 0 saturated carbocycles. The van der Waals surface area contributed by atoms with Crippen LogP contribution >= 0.6 is 13.5 Å². The lowest BCUT2D eigenvalue weighted by Crippen LogP contribution is -2.29. The Balaban J connectivity index is 0.00000144. The average Bonchev–Trinajstić information content (AvgIpc) is 2.82. The van der Waals surface area contributed by atoms with E-state index in [-0.39, 0.29) is 19.5 Å². The van der Waals surface area contributed by atoms with Gasteiger partial charge >= 0.3 is 0 Å². The van der Waals surface area contributed by atoms with E-state index in [4.69, 9.17) is 10.5 Å². The number of nitrogens with two attached hydrogens (primary N) is 1. The first-order chi connectivity index (χ1) is 7.79. The van der Waals surface area contributed by atoms with Gasteiger partial charge in [0.15, 0.2) is 0 Å². The highest BCUT2D eigenvalue weighted by molar-refractivity contribution is 7.59. The zero-order chi connectivity index (χ0) is 11.4. The number of likely N-dealkylation sites (tertiary alicyclic amines) is 1. The van der Waals surface area contributed by atoms with Gasteiger partial charge in [0.1, 0.15) is 5.75 Å². The van der Waals surface area contributed by atoms with Gasteiger partial charge in [-0.25, -0.2) is 0 Å². The zero-order valence-corrected chi connectivity index (χ0v) is 11.4. The van der Waals surface area contributed by atoms with Crippen molar-refractivity contribution in [2.75, 3.05) is 26.7 Å². The minimum absolute atomic E-state index is 0. The third kappa shape index (κ3) is 3.91. The van der Waals surface area contributed by atoms with Gasteiger partial charge in [-0.3, -0.25) is 0 Å². The second kappa shape index (κ2) is 6.89. The van der Waals surface area contributed by atoms with Crippen molar-refractivity contribution >= 4 is 13.5 Å². The van der Waals surface area contributed by atoms with Crippen molar-refractivity contribution in [3.05, 3.63) is 29.8 Å². The first-order valence-electron chi connectivity index (χ1n) is 5.91. The van der Waals surface area contributed by atoms with Crippen LogP contribution in [-0.4, -0.2) is 31.6 Å². The molecule has 17 heavy (non-hydrogen) atoms. The molecule has 0 spiro atoms. The van der Waals surface area contributed by atoms with Crippen LogP contribution in [0.1, 0.15) is 24.4 Å². The predicted molar refractivity (Wildman–Crippen MR) is 76.0 cm³/mol. The van der Waals surface area contributed by atoms with Crippen molar-refractivity contribution in [1.82, 2.24) is 4.90 Å². The van der Waals surface area contributed by atoms with Gasteiger partial charge < -0.3 is 15.4 Å². The molecule has 4 heteroatoms. The van der Waals surface area contributed by atoms with Gasteiger partial charge in [0, 0.05) is 12.6 Å². The summed E-state index contributed by atoms with van der Waals surface area (Å²) in [6, 6.07) is 8.14. The highest BCUT2D eigenvalue weighted by atomic mass is 32.1. The van der Waals surface area contributed by atoms with Crippen LogP contribution in [0.4, 0.5) is 0 Å². The Morgan fingerprint density at radius 1 is 1.35 bits per heavy atom. The molecule has 1 aliphatic heterocycles. The number of ether oxygens (including phenoxy) is 1. The van der Waals surface area contributed by atoms with Crippen LogP contribution in [0.5, 0.6) is 5.75 Å². The average molecular weight is 254 g/mol. The van der Waals surface area contributed by atoms with Gasteiger partial charge in [-0.2, -0.15) is 13.5 Å². The zero-order valence-electron chi connectivity index (χ0n) is 10.4. The molecule has 2 N–H and O–H groups in total. The summed E-state index contributed by atoms with van der Waals surface area (Å²) < 4.78 is 5.21. The van der Waals surface area contributed by atoms with Crippen molar-refractivity contribution in [2.24, 2.45) is 5.73 Å². The van der Waals surface area contributed by atoms with Crippen molar-refractivity contribution in [2.45, 2.75) is 18.9 Å². The molecule has 1 aromatic carbocycles. The maximum absolute atomic E-state index is 6.20. The standard InChI is InChI=1S/C13H20N2O.H2S/c1-16-12-6-4-5-11(9-12)13(14)10-15-7-2-3-8-15;/h4-6,9,13H,2-3,7-8,10,14H2,1H3;1H2/t13-;/m1./s1. The molecule has 2 rings (SSSR count). The van der Waals surface area contributed by atoms with E-state index < -0.39 is 0 Å². The van der Waals surface area contributed by atoms with Crippen LogP contribution in [0, 0.1) is 0 Å². The maximum atomic E-state index is 6.20. The Hall–Kier alpha value is -0.710. The SMILES string of the molecule is COc1cccc([C@H](N)CN2CCCC2)c1.S. The summed E-state index contributed by atoms with van der Waals surface area (Å²) in [5.74, 6) is 0.884. The molecule has 0 unspecified atom stereocenters. The largest absolute Gasteiger partial charge is 0.497 e. The fourth-order valence-electron chi connectivity index (χ4n) is 2.22. The normalized spacial score (nSPS) is 17.5. The van der Waals surface area contributed by atoms with E-state index in [1.807, 2.05) is 18.2 Å². The third-order valence-electron chi connectivity index (χ3n) is 3.18. The Kier molecular flexibility index (Phi) is 5.82. The van der Waals surface area contributed by atoms with E-state index in [0.717, 1.165) is 17.9 Å². The lowest BCUT2D eigenvalue weighted by molar-refractivity contribution is 0.315. The van der Waals surface area contributed by atoms with E-state index in [0.29, 0.717) is 0 Å². The monoisotopic (exact) mass is 254 g/mol. The molecule has 0 radical (unpaired) electrons. The van der Waals surface area contributed by atoms with Gasteiger partial charge in [0.2, 0.25) is 0 Å². The predicted octanol–water partition coefficient (Wildman–Crippen LogP) is 1.90. The molecule has 0 aromatic heterocycles. The number of methoxy groups -OCH3 is 1. The van der Waals surface area contributed by atoms with Gasteiger partial charge in [-0.1, -0.05) is 12.1 Å². The van der Waals surface area contributed by atoms with Gasteiger partial charge in [-0.05, 0) is 43.6 Å². The topological polar surface area (TPSA) is 38.5 Å². The van der Waals surface area contributed by atoms with Crippen LogP contribution in [0.25, 0.3) is 0 Å². The Labute approximate surface area is 110 Å². The van der Waals surface area contributed by atoms with Crippen LogP contribution in [0.15, 0.2) is 24.3 Å². The molecular weight excluding hydrogens is 232 g/mol. The van der Waals surface area contributed by atoms with Crippen molar-refractivity contribution in [3.8, 4) is 5.75 Å². The first kappa shape index (κ1) is 14.4. The summed E-state index contributed by atoms with van der Waals surface area (Å²) in [6.07, 6.45) is 2.62. The van der Waals surface area contributed by atoms with Crippen LogP contribution < -0.4 is 10.5 Å². The Morgan fingerprint density at radius 2 is 2.06 bits per heavy atom. The number of nitrogens with zero attached hydrogens (tertiary/aromatic N) is 1. The molecule has 1 fully saturated rings. The minimum atomic E-state index is 0. The highest BCUT2D eigenvalue weighted by Gasteiger charge is 2.16. The molecule has 0 bridgehead atoms. The molecule has 3 nitrogen and oxygen atoms in total. The van der Waals surface area contributed by atoms with E-state index in [2.05, 4.69) is 11.0 Å². The molecule has 1 aromatic rings. The molecule has 1 aliphatic rings. The summed E-state index contributed by atoms with van der Waals surface area (Å²) in [6.45, 7) is 3.34. The third-order valence-corrected chi connectivity index (χ3v) is 3.18. The molecule has 1 saturated heterocycles. The smallest absolute Gasteiger partial charge is 0.119 e. The lowest BCUT2D eigenvalue weighted by atomic mass is 10.1. The number of hydrogen-bond acceptors (Lipinski definition) is 3. The lowest BCUT2D eigenvalue weighted by Gasteiger charge is -2.20. The number of hydrogen-bond donors (Lipinski definition) is 1. The molecular formula is C13H22N2OS. The summed E-state index contributed by atoms with van der Waals surface area (Å²) >= 11 is 0. The van der Waals surface area contributed by atoms with Crippen molar-refractivity contribution in [1.29, 1.82) is 0 Å². The Bertz CT molecular complexity index is 340. The molecule has 0 amide bonds. The number of benzene rings is 1. The molecule has 1 atom stereocenters. The second-order valence-electron chi connectivity index (χ2n) is 4.39. The Morgan fingerprint density at radius 3 is 2.71 bits per heavy atom. The number of rotatable bonds is 4. The summed E-state index contributed by atoms with van der Waals surface area (Å²) in [4.78, 5) is 2.43. The van der Waals surface area contributed by atoms with Gasteiger partial charge in [0.05, 0.1) is 7.11 Å². The van der Waals surface area contributed by atoms with E-state index in [1.165, 1.54) is 25.9 Å². The maximum Gasteiger partial charge on any atom is 0.119 e. The molecule has 96 valence electrons. The van der Waals surface area contributed by atoms with Crippen molar-refractivity contribution < 1.29 is 4.74 Å². The second-order valence-corrected chi connectivity index (χ2v) is 4.39. The van der Waals surface area contributed by atoms with Crippen LogP contribution in [-0.2, 0) is 0 Å². The first-order valence-corrected chi connectivity index (χ1v) is 5.91. The van der Waals surface area contributed by atoms with E-state index >= 15 is 0 Å². The molecule has 0 aliphatic carbocycles. The van der Waals surface area contributed by atoms with Gasteiger partial charge in [-0.15, -0.1) is 0 Å². The van der Waals surface area contributed by atoms with Gasteiger partial charge in [0.25, 0.3) is 0 Å². The van der Waals surface area contributed by atoms with Crippen LogP contribution in [0.3, 0.4) is 0 Å².